The third-order valence-corrected chi connectivity index (χ3v) is 6.12. The number of likely N-dealkylation sites (tertiary alicyclic amines) is 1. The molecule has 29 heavy (non-hydrogen) atoms. The quantitative estimate of drug-likeness (QED) is 0.688. The summed E-state index contributed by atoms with van der Waals surface area (Å²) < 4.78 is 30.7. The Kier molecular flexibility index (Phi) is 5.30. The third-order valence-electron chi connectivity index (χ3n) is 4.71. The van der Waals surface area contributed by atoms with E-state index in [0.29, 0.717) is 24.2 Å². The van der Waals surface area contributed by atoms with E-state index in [9.17, 15) is 13.2 Å². The second-order valence-electron chi connectivity index (χ2n) is 6.80. The number of hydrogen-bond acceptors (Lipinski definition) is 6. The highest BCUT2D eigenvalue weighted by molar-refractivity contribution is 7.90. The van der Waals surface area contributed by atoms with E-state index in [0.717, 1.165) is 6.42 Å². The second kappa shape index (κ2) is 8.04. The van der Waals surface area contributed by atoms with Gasteiger partial charge in [0.05, 0.1) is 5.75 Å². The maximum Gasteiger partial charge on any atom is 0.335 e. The lowest BCUT2D eigenvalue weighted by Crippen LogP contribution is -2.34. The number of rotatable bonds is 5. The summed E-state index contributed by atoms with van der Waals surface area (Å²) in [5.74, 6) is -0.0874. The van der Waals surface area contributed by atoms with Gasteiger partial charge in [0, 0.05) is 12.2 Å². The minimum absolute atomic E-state index is 0.136. The highest BCUT2D eigenvalue weighted by Gasteiger charge is 2.35. The van der Waals surface area contributed by atoms with Crippen LogP contribution in [0.5, 0.6) is 0 Å². The zero-order valence-electron chi connectivity index (χ0n) is 15.6. The predicted octanol–water partition coefficient (Wildman–Crippen LogP) is 3.41. The van der Waals surface area contributed by atoms with Crippen molar-refractivity contribution in [2.45, 2.75) is 29.9 Å². The van der Waals surface area contributed by atoms with E-state index in [4.69, 9.17) is 4.42 Å². The van der Waals surface area contributed by atoms with Crippen molar-refractivity contribution < 1.29 is 17.6 Å². The first-order chi connectivity index (χ1) is 14.0. The van der Waals surface area contributed by atoms with Crippen molar-refractivity contribution >= 4 is 21.6 Å². The number of carbonyl (C=O) groups is 1. The van der Waals surface area contributed by atoms with Crippen LogP contribution in [0.15, 0.2) is 70.3 Å². The third kappa shape index (κ3) is 4.29. The van der Waals surface area contributed by atoms with Crippen molar-refractivity contribution in [2.75, 3.05) is 11.9 Å². The molecule has 1 aliphatic heterocycles. The number of amides is 2. The first-order valence-electron chi connectivity index (χ1n) is 9.26. The van der Waals surface area contributed by atoms with Gasteiger partial charge in [-0.15, -0.1) is 5.10 Å². The molecule has 4 rings (SSSR count). The van der Waals surface area contributed by atoms with E-state index in [-0.39, 0.29) is 17.7 Å². The summed E-state index contributed by atoms with van der Waals surface area (Å²) in [6, 6.07) is 17.2. The van der Waals surface area contributed by atoms with Gasteiger partial charge in [-0.1, -0.05) is 53.6 Å². The zero-order valence-corrected chi connectivity index (χ0v) is 16.4. The van der Waals surface area contributed by atoms with Crippen molar-refractivity contribution in [3.05, 3.63) is 72.1 Å². The lowest BCUT2D eigenvalue weighted by Gasteiger charge is -2.22. The molecule has 2 amide bonds. The predicted molar refractivity (Wildman–Crippen MR) is 106 cm³/mol. The van der Waals surface area contributed by atoms with Crippen LogP contribution in [0.2, 0.25) is 0 Å². The van der Waals surface area contributed by atoms with Crippen LogP contribution in [-0.2, 0) is 15.6 Å². The fraction of sp³-hybridized carbons (Fsp3) is 0.250. The van der Waals surface area contributed by atoms with E-state index < -0.39 is 21.1 Å². The van der Waals surface area contributed by atoms with E-state index in [2.05, 4.69) is 15.5 Å². The Balaban J connectivity index is 1.50. The molecule has 150 valence electrons. The van der Waals surface area contributed by atoms with Crippen molar-refractivity contribution in [1.82, 2.24) is 15.1 Å². The van der Waals surface area contributed by atoms with Gasteiger partial charge in [-0.2, -0.15) is 0 Å². The molecule has 0 bridgehead atoms. The van der Waals surface area contributed by atoms with Gasteiger partial charge in [0.1, 0.15) is 6.04 Å². The van der Waals surface area contributed by atoms with Crippen LogP contribution in [0.1, 0.15) is 30.3 Å². The second-order valence-corrected chi connectivity index (χ2v) is 8.67. The van der Waals surface area contributed by atoms with Crippen LogP contribution in [-0.4, -0.2) is 36.1 Å². The van der Waals surface area contributed by atoms with Crippen LogP contribution in [0.3, 0.4) is 0 Å². The summed E-state index contributed by atoms with van der Waals surface area (Å²) >= 11 is 0. The molecule has 9 heteroatoms. The Morgan fingerprint density at radius 1 is 1.07 bits per heavy atom. The number of urea groups is 1. The van der Waals surface area contributed by atoms with Gasteiger partial charge in [-0.25, -0.2) is 13.2 Å². The smallest absolute Gasteiger partial charge is 0.335 e. The van der Waals surface area contributed by atoms with Gasteiger partial charge in [0.2, 0.25) is 15.7 Å². The molecule has 1 fully saturated rings. The number of carbonyl (C=O) groups excluding carboxylic acids is 1. The van der Waals surface area contributed by atoms with E-state index >= 15 is 0 Å². The fourth-order valence-corrected chi connectivity index (χ4v) is 4.45. The van der Waals surface area contributed by atoms with Gasteiger partial charge in [-0.3, -0.25) is 0 Å². The Morgan fingerprint density at radius 3 is 2.48 bits per heavy atom. The number of nitrogens with zero attached hydrogens (tertiary/aromatic N) is 3. The number of sulfone groups is 1. The van der Waals surface area contributed by atoms with Crippen molar-refractivity contribution in [3.63, 3.8) is 0 Å². The Morgan fingerprint density at radius 2 is 1.76 bits per heavy atom. The Labute approximate surface area is 168 Å². The van der Waals surface area contributed by atoms with Crippen LogP contribution >= 0.6 is 0 Å². The van der Waals surface area contributed by atoms with E-state index in [1.54, 1.807) is 41.3 Å². The maximum absolute atomic E-state index is 12.7. The van der Waals surface area contributed by atoms with Gasteiger partial charge in [-0.05, 0) is 30.5 Å². The Hall–Kier alpha value is -3.20. The highest BCUT2D eigenvalue weighted by Crippen LogP contribution is 2.32. The SMILES string of the molecule is O=C(Nc1ccccc1)N1CCC[C@H]1c1nnc(S(=O)(=O)Cc2ccccc2)o1. The number of hydrogen-bond donors (Lipinski definition) is 1. The first-order valence-corrected chi connectivity index (χ1v) is 10.9. The number of aromatic nitrogens is 2. The highest BCUT2D eigenvalue weighted by atomic mass is 32.2. The molecule has 1 N–H and O–H groups in total. The monoisotopic (exact) mass is 412 g/mol. The van der Waals surface area contributed by atoms with Gasteiger partial charge in [0.15, 0.2) is 0 Å². The van der Waals surface area contributed by atoms with Crippen LogP contribution in [0.25, 0.3) is 0 Å². The minimum Gasteiger partial charge on any atom is -0.410 e. The number of para-hydroxylation sites is 1. The summed E-state index contributed by atoms with van der Waals surface area (Å²) in [7, 11) is -3.77. The first kappa shape index (κ1) is 19.1. The number of nitrogens with one attached hydrogen (secondary N) is 1. The molecule has 3 aromatic rings. The molecule has 1 aliphatic rings. The van der Waals surface area contributed by atoms with Gasteiger partial charge in [0.25, 0.3) is 0 Å². The van der Waals surface area contributed by atoms with E-state index in [1.807, 2.05) is 24.3 Å². The molecule has 0 spiro atoms. The summed E-state index contributed by atoms with van der Waals surface area (Å²) in [4.78, 5) is 14.2. The normalized spacial score (nSPS) is 16.7. The summed E-state index contributed by atoms with van der Waals surface area (Å²) in [5, 5.41) is 10.1. The molecule has 0 saturated carbocycles. The molecule has 1 atom stereocenters. The molecule has 2 aromatic carbocycles. The van der Waals surface area contributed by atoms with Crippen LogP contribution < -0.4 is 5.32 Å². The lowest BCUT2D eigenvalue weighted by atomic mass is 10.2. The standard InChI is InChI=1S/C20H20N4O4S/c25-19(21-16-10-5-2-6-11-16)24-13-7-12-17(24)18-22-23-20(28-18)29(26,27)14-15-8-3-1-4-9-15/h1-6,8-11,17H,7,12-14H2,(H,21,25)/t17-/m0/s1. The molecule has 1 aromatic heterocycles. The van der Waals surface area contributed by atoms with Crippen molar-refractivity contribution in [2.24, 2.45) is 0 Å². The molecule has 2 heterocycles. The average molecular weight is 412 g/mol. The summed E-state index contributed by atoms with van der Waals surface area (Å²) in [6.07, 6.45) is 1.39. The molecule has 0 unspecified atom stereocenters. The number of benzene rings is 2. The van der Waals surface area contributed by atoms with Crippen molar-refractivity contribution in [1.29, 1.82) is 0 Å². The molecular formula is C20H20N4O4S. The lowest BCUT2D eigenvalue weighted by molar-refractivity contribution is 0.195. The zero-order chi connectivity index (χ0) is 20.3. The van der Waals surface area contributed by atoms with Crippen LogP contribution in [0.4, 0.5) is 10.5 Å². The summed E-state index contributed by atoms with van der Waals surface area (Å²) in [5.41, 5.74) is 1.32. The summed E-state index contributed by atoms with van der Waals surface area (Å²) in [6.45, 7) is 0.526. The average Bonchev–Trinajstić information content (AvgIpc) is 3.39. The maximum atomic E-state index is 12.7. The number of anilines is 1. The molecule has 0 aliphatic carbocycles. The molecule has 1 saturated heterocycles. The Bertz CT molecular complexity index is 1080. The molecular weight excluding hydrogens is 392 g/mol. The fourth-order valence-electron chi connectivity index (χ4n) is 3.32. The molecule has 8 nitrogen and oxygen atoms in total. The topological polar surface area (TPSA) is 105 Å². The van der Waals surface area contributed by atoms with Crippen LogP contribution in [0, 0.1) is 0 Å². The minimum atomic E-state index is -3.77. The van der Waals surface area contributed by atoms with Crippen molar-refractivity contribution in [3.8, 4) is 0 Å². The van der Waals surface area contributed by atoms with Gasteiger partial charge < -0.3 is 14.6 Å². The van der Waals surface area contributed by atoms with E-state index in [1.165, 1.54) is 0 Å². The van der Waals surface area contributed by atoms with Gasteiger partial charge >= 0.3 is 11.3 Å². The largest absolute Gasteiger partial charge is 0.410 e. The molecule has 0 radical (unpaired) electrons.